The van der Waals surface area contributed by atoms with Crippen molar-refractivity contribution >= 4 is 18.3 Å². The number of carbonyl (C=O) groups excluding carboxylic acids is 1. The molecule has 0 aliphatic heterocycles. The van der Waals surface area contributed by atoms with Crippen LogP contribution in [0.4, 0.5) is 0 Å². The van der Waals surface area contributed by atoms with Crippen LogP contribution in [0, 0.1) is 0 Å². The second-order valence-corrected chi connectivity index (χ2v) is 4.57. The number of ether oxygens (including phenoxy) is 2. The largest absolute Gasteiger partial charge is 0.494 e. The van der Waals surface area contributed by atoms with Gasteiger partial charge in [0.25, 0.3) is 0 Å². The molecule has 1 aromatic rings. The van der Waals surface area contributed by atoms with Gasteiger partial charge in [-0.1, -0.05) is 19.1 Å². The van der Waals surface area contributed by atoms with Gasteiger partial charge in [0.2, 0.25) is 5.91 Å². The number of hydrogen-bond donors (Lipinski definition) is 2. The van der Waals surface area contributed by atoms with E-state index in [9.17, 15) is 4.79 Å². The molecular weight excluding hydrogens is 292 g/mol. The molecule has 0 spiro atoms. The number of methoxy groups -OCH3 is 1. The molecule has 0 saturated heterocycles. The van der Waals surface area contributed by atoms with Crippen LogP contribution in [0.3, 0.4) is 0 Å². The van der Waals surface area contributed by atoms with E-state index in [1.807, 2.05) is 24.3 Å². The van der Waals surface area contributed by atoms with Crippen molar-refractivity contribution in [3.05, 3.63) is 29.8 Å². The lowest BCUT2D eigenvalue weighted by molar-refractivity contribution is -0.123. The second kappa shape index (κ2) is 11.4. The normalized spacial score (nSPS) is 11.4. The number of hydrogen-bond acceptors (Lipinski definition) is 4. The first-order valence-corrected chi connectivity index (χ1v) is 6.90. The quantitative estimate of drug-likeness (QED) is 0.729. The predicted octanol–water partition coefficient (Wildman–Crippen LogP) is 1.88. The second-order valence-electron chi connectivity index (χ2n) is 4.57. The van der Waals surface area contributed by atoms with E-state index in [2.05, 4.69) is 12.2 Å². The van der Waals surface area contributed by atoms with Crippen LogP contribution in [0.15, 0.2) is 24.3 Å². The Bertz CT molecular complexity index is 394. The zero-order valence-corrected chi connectivity index (χ0v) is 13.4. The van der Waals surface area contributed by atoms with Gasteiger partial charge in [0.05, 0.1) is 19.1 Å². The molecule has 0 fully saturated rings. The van der Waals surface area contributed by atoms with E-state index in [4.69, 9.17) is 15.2 Å². The van der Waals surface area contributed by atoms with Gasteiger partial charge in [-0.15, -0.1) is 12.4 Å². The highest BCUT2D eigenvalue weighted by Crippen LogP contribution is 2.12. The summed E-state index contributed by atoms with van der Waals surface area (Å²) in [6, 6.07) is 7.72. The fourth-order valence-corrected chi connectivity index (χ4v) is 1.67. The maximum atomic E-state index is 11.7. The van der Waals surface area contributed by atoms with Gasteiger partial charge in [0.15, 0.2) is 0 Å². The van der Waals surface area contributed by atoms with Crippen molar-refractivity contribution in [2.45, 2.75) is 32.4 Å². The van der Waals surface area contributed by atoms with Crippen LogP contribution in [-0.2, 0) is 16.1 Å². The average molecular weight is 317 g/mol. The number of rotatable bonds is 9. The third-order valence-corrected chi connectivity index (χ3v) is 2.90. The molecule has 5 nitrogen and oxygen atoms in total. The highest BCUT2D eigenvalue weighted by Gasteiger charge is 2.10. The predicted molar refractivity (Wildman–Crippen MR) is 85.8 cm³/mol. The molecular formula is C15H25ClN2O3. The topological polar surface area (TPSA) is 73.6 Å². The first-order valence-electron chi connectivity index (χ1n) is 6.90. The van der Waals surface area contributed by atoms with E-state index in [0.717, 1.165) is 17.7 Å². The minimum atomic E-state index is -0.222. The lowest BCUT2D eigenvalue weighted by Gasteiger charge is -2.12. The summed E-state index contributed by atoms with van der Waals surface area (Å²) in [7, 11) is 1.56. The summed E-state index contributed by atoms with van der Waals surface area (Å²) in [4.78, 5) is 11.7. The molecule has 0 heterocycles. The van der Waals surface area contributed by atoms with Crippen LogP contribution in [0.25, 0.3) is 0 Å². The number of nitrogens with one attached hydrogen (secondary N) is 1. The molecule has 1 atom stereocenters. The van der Waals surface area contributed by atoms with E-state index in [1.165, 1.54) is 0 Å². The molecule has 3 N–H and O–H groups in total. The average Bonchev–Trinajstić information content (AvgIpc) is 2.49. The summed E-state index contributed by atoms with van der Waals surface area (Å²) in [5.41, 5.74) is 6.51. The lowest BCUT2D eigenvalue weighted by atomic mass is 10.2. The molecule has 120 valence electrons. The molecule has 0 saturated carbocycles. The SMILES string of the molecule is CCCOc1ccc(CNC(=O)CC(CN)OC)cc1.Cl. The fraction of sp³-hybridized carbons (Fsp3) is 0.533. The minimum absolute atomic E-state index is 0. The van der Waals surface area contributed by atoms with Gasteiger partial charge >= 0.3 is 0 Å². The highest BCUT2D eigenvalue weighted by atomic mass is 35.5. The Kier molecular flexibility index (Phi) is 10.7. The maximum Gasteiger partial charge on any atom is 0.222 e. The summed E-state index contributed by atoms with van der Waals surface area (Å²) < 4.78 is 10.6. The number of carbonyl (C=O) groups is 1. The van der Waals surface area contributed by atoms with Gasteiger partial charge in [0.1, 0.15) is 5.75 Å². The molecule has 0 radical (unpaired) electrons. The minimum Gasteiger partial charge on any atom is -0.494 e. The fourth-order valence-electron chi connectivity index (χ4n) is 1.67. The summed E-state index contributed by atoms with van der Waals surface area (Å²) in [6.07, 6.45) is 1.05. The molecule has 0 aromatic heterocycles. The van der Waals surface area contributed by atoms with E-state index in [-0.39, 0.29) is 30.8 Å². The zero-order valence-electron chi connectivity index (χ0n) is 12.6. The van der Waals surface area contributed by atoms with E-state index < -0.39 is 0 Å². The van der Waals surface area contributed by atoms with Crippen molar-refractivity contribution < 1.29 is 14.3 Å². The van der Waals surface area contributed by atoms with E-state index in [1.54, 1.807) is 7.11 Å². The molecule has 1 aromatic carbocycles. The molecule has 1 unspecified atom stereocenters. The first kappa shape index (κ1) is 19.7. The molecule has 6 heteroatoms. The first-order chi connectivity index (χ1) is 9.69. The van der Waals surface area contributed by atoms with Gasteiger partial charge < -0.3 is 20.5 Å². The summed E-state index contributed by atoms with van der Waals surface area (Å²) in [6.45, 7) is 3.62. The molecule has 1 amide bonds. The third-order valence-electron chi connectivity index (χ3n) is 2.90. The number of nitrogens with two attached hydrogens (primary N) is 1. The lowest BCUT2D eigenvalue weighted by Crippen LogP contribution is -2.31. The van der Waals surface area contributed by atoms with Crippen LogP contribution in [0.1, 0.15) is 25.3 Å². The highest BCUT2D eigenvalue weighted by molar-refractivity contribution is 5.85. The third kappa shape index (κ3) is 7.90. The summed E-state index contributed by atoms with van der Waals surface area (Å²) >= 11 is 0. The van der Waals surface area contributed by atoms with Gasteiger partial charge in [-0.2, -0.15) is 0 Å². The van der Waals surface area contributed by atoms with Crippen LogP contribution >= 0.6 is 12.4 Å². The van der Waals surface area contributed by atoms with Crippen molar-refractivity contribution in [1.29, 1.82) is 0 Å². The Morgan fingerprint density at radius 2 is 2.00 bits per heavy atom. The molecule has 0 aliphatic rings. The van der Waals surface area contributed by atoms with Crippen LogP contribution < -0.4 is 15.8 Å². The number of amides is 1. The van der Waals surface area contributed by atoms with Crippen molar-refractivity contribution in [2.24, 2.45) is 5.73 Å². The van der Waals surface area contributed by atoms with Gasteiger partial charge in [-0.3, -0.25) is 4.79 Å². The molecule has 21 heavy (non-hydrogen) atoms. The number of benzene rings is 1. The van der Waals surface area contributed by atoms with E-state index >= 15 is 0 Å². The van der Waals surface area contributed by atoms with Crippen molar-refractivity contribution in [3.8, 4) is 5.75 Å². The monoisotopic (exact) mass is 316 g/mol. The van der Waals surface area contributed by atoms with Crippen LogP contribution in [0.2, 0.25) is 0 Å². The molecule has 1 rings (SSSR count). The Morgan fingerprint density at radius 3 is 2.52 bits per heavy atom. The van der Waals surface area contributed by atoms with Gasteiger partial charge in [0, 0.05) is 20.2 Å². The van der Waals surface area contributed by atoms with Gasteiger partial charge in [-0.05, 0) is 24.1 Å². The number of halogens is 1. The Labute approximate surface area is 132 Å². The molecule has 0 bridgehead atoms. The van der Waals surface area contributed by atoms with Crippen molar-refractivity contribution in [1.82, 2.24) is 5.32 Å². The smallest absolute Gasteiger partial charge is 0.222 e. The van der Waals surface area contributed by atoms with Crippen LogP contribution in [0.5, 0.6) is 5.75 Å². The Hall–Kier alpha value is -1.30. The van der Waals surface area contributed by atoms with Crippen molar-refractivity contribution in [2.75, 3.05) is 20.3 Å². The standard InChI is InChI=1S/C15H24N2O3.ClH/c1-3-8-20-13-6-4-12(5-7-13)11-17-15(18)9-14(10-16)19-2;/h4-7,14H,3,8-11,16H2,1-2H3,(H,17,18);1H. The molecule has 0 aliphatic carbocycles. The van der Waals surface area contributed by atoms with E-state index in [0.29, 0.717) is 19.7 Å². The summed E-state index contributed by atoms with van der Waals surface area (Å²) in [5, 5.41) is 2.85. The zero-order chi connectivity index (χ0) is 14.8. The Morgan fingerprint density at radius 1 is 1.33 bits per heavy atom. The van der Waals surface area contributed by atoms with Crippen molar-refractivity contribution in [3.63, 3.8) is 0 Å². The van der Waals surface area contributed by atoms with Crippen LogP contribution in [-0.4, -0.2) is 32.3 Å². The van der Waals surface area contributed by atoms with Gasteiger partial charge in [-0.25, -0.2) is 0 Å². The Balaban J connectivity index is 0.00000400. The maximum absolute atomic E-state index is 11.7. The summed E-state index contributed by atoms with van der Waals surface area (Å²) in [5.74, 6) is 0.790.